The first-order valence-corrected chi connectivity index (χ1v) is 7.99. The molecule has 108 valence electrons. The molecule has 0 saturated heterocycles. The van der Waals surface area contributed by atoms with E-state index in [1.807, 2.05) is 37.3 Å². The second kappa shape index (κ2) is 6.10. The molecule has 0 bridgehead atoms. The van der Waals surface area contributed by atoms with Crippen LogP contribution >= 0.6 is 34.5 Å². The van der Waals surface area contributed by atoms with Gasteiger partial charge in [-0.1, -0.05) is 40.6 Å². The molecule has 6 heteroatoms. The number of thiazole rings is 1. The second-order valence-corrected chi connectivity index (χ2v) is 6.12. The lowest BCUT2D eigenvalue weighted by Crippen LogP contribution is -1.90. The number of aromatic nitrogens is 1. The molecule has 21 heavy (non-hydrogen) atoms. The Morgan fingerprint density at radius 3 is 2.90 bits per heavy atom. The van der Waals surface area contributed by atoms with Crippen LogP contribution in [0.15, 0.2) is 36.4 Å². The highest BCUT2D eigenvalue weighted by atomic mass is 35.5. The number of nitrogens with one attached hydrogen (secondary N) is 1. The predicted molar refractivity (Wildman–Crippen MR) is 90.5 cm³/mol. The Kier molecular flexibility index (Phi) is 4.19. The molecule has 1 N–H and O–H groups in total. The summed E-state index contributed by atoms with van der Waals surface area (Å²) in [5, 5.41) is 4.98. The third-order valence-corrected chi connectivity index (χ3v) is 4.62. The first-order chi connectivity index (χ1) is 10.2. The summed E-state index contributed by atoms with van der Waals surface area (Å²) in [6.45, 7) is 2.61. The van der Waals surface area contributed by atoms with Crippen LogP contribution in [-0.2, 0) is 0 Å². The van der Waals surface area contributed by atoms with Crippen molar-refractivity contribution in [2.75, 3.05) is 11.9 Å². The lowest BCUT2D eigenvalue weighted by atomic mass is 10.3. The highest BCUT2D eigenvalue weighted by Crippen LogP contribution is 2.35. The van der Waals surface area contributed by atoms with Gasteiger partial charge >= 0.3 is 0 Å². The zero-order valence-corrected chi connectivity index (χ0v) is 13.5. The van der Waals surface area contributed by atoms with Gasteiger partial charge in [-0.2, -0.15) is 0 Å². The first kappa shape index (κ1) is 14.4. The quantitative estimate of drug-likeness (QED) is 0.657. The number of fused-ring (bicyclic) bond motifs is 1. The molecule has 0 aliphatic carbocycles. The van der Waals surface area contributed by atoms with Crippen LogP contribution in [0.4, 0.5) is 10.8 Å². The van der Waals surface area contributed by atoms with E-state index in [4.69, 9.17) is 27.9 Å². The first-order valence-electron chi connectivity index (χ1n) is 6.42. The number of anilines is 2. The normalized spacial score (nSPS) is 10.8. The third kappa shape index (κ3) is 3.07. The summed E-state index contributed by atoms with van der Waals surface area (Å²) in [4.78, 5) is 4.53. The lowest BCUT2D eigenvalue weighted by Gasteiger charge is -2.05. The van der Waals surface area contributed by atoms with Gasteiger partial charge in [0.05, 0.1) is 32.6 Å². The van der Waals surface area contributed by atoms with E-state index in [0.717, 1.165) is 26.8 Å². The van der Waals surface area contributed by atoms with E-state index in [0.29, 0.717) is 16.7 Å². The molecule has 1 heterocycles. The summed E-state index contributed by atoms with van der Waals surface area (Å²) in [6.07, 6.45) is 0. The van der Waals surface area contributed by atoms with Crippen molar-refractivity contribution in [3.63, 3.8) is 0 Å². The maximum atomic E-state index is 6.17. The van der Waals surface area contributed by atoms with Crippen molar-refractivity contribution in [1.82, 2.24) is 4.98 Å². The number of nitrogens with zero attached hydrogens (tertiary/aromatic N) is 1. The molecule has 0 amide bonds. The predicted octanol–water partition coefficient (Wildman–Crippen LogP) is 5.75. The van der Waals surface area contributed by atoms with Crippen molar-refractivity contribution in [1.29, 1.82) is 0 Å². The topological polar surface area (TPSA) is 34.1 Å². The molecule has 0 spiro atoms. The van der Waals surface area contributed by atoms with Crippen molar-refractivity contribution in [3.8, 4) is 5.75 Å². The van der Waals surface area contributed by atoms with Crippen LogP contribution in [0.1, 0.15) is 6.92 Å². The molecule has 0 saturated carbocycles. The highest BCUT2D eigenvalue weighted by Gasteiger charge is 2.09. The Hall–Kier alpha value is -1.49. The van der Waals surface area contributed by atoms with Gasteiger partial charge < -0.3 is 10.1 Å². The number of hydrogen-bond acceptors (Lipinski definition) is 4. The molecule has 0 atom stereocenters. The van der Waals surface area contributed by atoms with Crippen LogP contribution in [0.25, 0.3) is 10.2 Å². The number of benzene rings is 2. The van der Waals surface area contributed by atoms with Crippen molar-refractivity contribution < 1.29 is 4.74 Å². The summed E-state index contributed by atoms with van der Waals surface area (Å²) >= 11 is 13.7. The monoisotopic (exact) mass is 338 g/mol. The molecule has 3 rings (SSSR count). The van der Waals surface area contributed by atoms with E-state index >= 15 is 0 Å². The Bertz CT molecular complexity index is 788. The average molecular weight is 339 g/mol. The van der Waals surface area contributed by atoms with E-state index in [1.54, 1.807) is 17.4 Å². The molecule has 3 nitrogen and oxygen atoms in total. The van der Waals surface area contributed by atoms with Crippen LogP contribution in [0.5, 0.6) is 5.75 Å². The number of halogens is 2. The zero-order valence-electron chi connectivity index (χ0n) is 11.2. The van der Waals surface area contributed by atoms with Gasteiger partial charge in [0.25, 0.3) is 0 Å². The number of rotatable bonds is 4. The van der Waals surface area contributed by atoms with Crippen LogP contribution in [0.2, 0.25) is 10.0 Å². The van der Waals surface area contributed by atoms with Gasteiger partial charge in [-0.05, 0) is 37.3 Å². The van der Waals surface area contributed by atoms with Gasteiger partial charge in [0, 0.05) is 0 Å². The minimum absolute atomic E-state index is 0.494. The highest BCUT2D eigenvalue weighted by molar-refractivity contribution is 7.22. The SMILES string of the molecule is CCOc1ccc2nc(Nc3cccc(Cl)c3Cl)sc2c1. The molecule has 0 fully saturated rings. The van der Waals surface area contributed by atoms with Crippen LogP contribution < -0.4 is 10.1 Å². The fourth-order valence-electron chi connectivity index (χ4n) is 1.93. The van der Waals surface area contributed by atoms with E-state index in [9.17, 15) is 0 Å². The number of hydrogen-bond donors (Lipinski definition) is 1. The molecule has 0 unspecified atom stereocenters. The van der Waals surface area contributed by atoms with Crippen molar-refractivity contribution >= 4 is 55.6 Å². The van der Waals surface area contributed by atoms with Crippen molar-refractivity contribution in [2.45, 2.75) is 6.92 Å². The summed E-state index contributed by atoms with van der Waals surface area (Å²) in [7, 11) is 0. The van der Waals surface area contributed by atoms with Gasteiger partial charge in [0.1, 0.15) is 5.75 Å². The minimum atomic E-state index is 0.494. The summed E-state index contributed by atoms with van der Waals surface area (Å²) in [5.41, 5.74) is 1.66. The van der Waals surface area contributed by atoms with Gasteiger partial charge in [0.2, 0.25) is 0 Å². The largest absolute Gasteiger partial charge is 0.494 e. The smallest absolute Gasteiger partial charge is 0.188 e. The van der Waals surface area contributed by atoms with Gasteiger partial charge in [-0.15, -0.1) is 0 Å². The average Bonchev–Trinajstić information content (AvgIpc) is 2.86. The number of ether oxygens (including phenoxy) is 1. The summed E-state index contributed by atoms with van der Waals surface area (Å²) < 4.78 is 6.55. The zero-order chi connectivity index (χ0) is 14.8. The molecule has 3 aromatic rings. The van der Waals surface area contributed by atoms with E-state index in [1.165, 1.54) is 0 Å². The van der Waals surface area contributed by atoms with Crippen molar-refractivity contribution in [2.24, 2.45) is 0 Å². The fraction of sp³-hybridized carbons (Fsp3) is 0.133. The fourth-order valence-corrected chi connectivity index (χ4v) is 3.18. The van der Waals surface area contributed by atoms with Gasteiger partial charge in [-0.25, -0.2) is 4.98 Å². The standard InChI is InChI=1S/C15H12Cl2N2OS/c1-2-20-9-6-7-11-13(8-9)21-15(18-11)19-12-5-3-4-10(16)14(12)17/h3-8H,2H2,1H3,(H,18,19). The van der Waals surface area contributed by atoms with E-state index in [-0.39, 0.29) is 0 Å². The maximum absolute atomic E-state index is 6.17. The molecule has 2 aromatic carbocycles. The van der Waals surface area contributed by atoms with Crippen LogP contribution in [-0.4, -0.2) is 11.6 Å². The molecule has 0 aliphatic heterocycles. The molecular weight excluding hydrogens is 327 g/mol. The molecule has 1 aromatic heterocycles. The van der Waals surface area contributed by atoms with E-state index in [2.05, 4.69) is 10.3 Å². The maximum Gasteiger partial charge on any atom is 0.188 e. The molecule has 0 radical (unpaired) electrons. The van der Waals surface area contributed by atoms with Gasteiger partial charge in [0.15, 0.2) is 5.13 Å². The summed E-state index contributed by atoms with van der Waals surface area (Å²) in [5.74, 6) is 0.848. The van der Waals surface area contributed by atoms with Crippen LogP contribution in [0.3, 0.4) is 0 Å². The second-order valence-electron chi connectivity index (χ2n) is 4.31. The van der Waals surface area contributed by atoms with Crippen molar-refractivity contribution in [3.05, 3.63) is 46.4 Å². The summed E-state index contributed by atoms with van der Waals surface area (Å²) in [6, 6.07) is 11.3. The third-order valence-electron chi connectivity index (χ3n) is 2.86. The van der Waals surface area contributed by atoms with Crippen LogP contribution in [0, 0.1) is 0 Å². The van der Waals surface area contributed by atoms with Gasteiger partial charge in [-0.3, -0.25) is 0 Å². The lowest BCUT2D eigenvalue weighted by molar-refractivity contribution is 0.341. The Morgan fingerprint density at radius 1 is 1.24 bits per heavy atom. The Balaban J connectivity index is 1.92. The minimum Gasteiger partial charge on any atom is -0.494 e. The Labute approximate surface area is 136 Å². The molecular formula is C15H12Cl2N2OS. The Morgan fingerprint density at radius 2 is 2.10 bits per heavy atom. The molecule has 0 aliphatic rings. The van der Waals surface area contributed by atoms with E-state index < -0.39 is 0 Å².